The fourth-order valence-electron chi connectivity index (χ4n) is 4.69. The van der Waals surface area contributed by atoms with Crippen molar-refractivity contribution in [2.24, 2.45) is 0 Å². The van der Waals surface area contributed by atoms with Gasteiger partial charge in [-0.2, -0.15) is 26.3 Å². The quantitative estimate of drug-likeness (QED) is 0.146. The maximum atomic E-state index is 13.1. The predicted octanol–water partition coefficient (Wildman–Crippen LogP) is 9.98. The molecule has 0 aliphatic heterocycles. The van der Waals surface area contributed by atoms with Gasteiger partial charge in [0.25, 0.3) is 0 Å². The molecule has 0 unspecified atom stereocenters. The average molecular weight is 674 g/mol. The number of hydrogen-bond acceptors (Lipinski definition) is 3. The molecule has 0 saturated heterocycles. The topological polar surface area (TPSA) is 77.3 Å². The van der Waals surface area contributed by atoms with Crippen LogP contribution >= 0.6 is 0 Å². The number of halogens is 6. The molecule has 4 aromatic carbocycles. The molecular weight excluding hydrogens is 648 g/mol. The Hall–Kier alpha value is -6.16. The van der Waals surface area contributed by atoms with Crippen molar-refractivity contribution >= 4 is 11.7 Å². The van der Waals surface area contributed by atoms with Crippen LogP contribution in [0.2, 0.25) is 0 Å². The Balaban J connectivity index is 0.000000191. The third kappa shape index (κ3) is 7.87. The van der Waals surface area contributed by atoms with Crippen LogP contribution in [0.1, 0.15) is 32.9 Å². The molecule has 0 fully saturated rings. The van der Waals surface area contributed by atoms with Crippen molar-refractivity contribution in [1.29, 1.82) is 0 Å². The summed E-state index contributed by atoms with van der Waals surface area (Å²) < 4.78 is 81.2. The van der Waals surface area contributed by atoms with Gasteiger partial charge in [0, 0.05) is 34.9 Å². The first kappa shape index (κ1) is 34.2. The molecule has 2 aromatic heterocycles. The van der Waals surface area contributed by atoms with Crippen LogP contribution in [0, 0.1) is 20.4 Å². The summed E-state index contributed by atoms with van der Waals surface area (Å²) in [5, 5.41) is 8.95. The second-order valence-corrected chi connectivity index (χ2v) is 10.8. The van der Waals surface area contributed by atoms with Gasteiger partial charge in [0.15, 0.2) is 17.1 Å². The lowest BCUT2D eigenvalue weighted by Crippen LogP contribution is -2.05. The Kier molecular flexibility index (Phi) is 9.43. The summed E-state index contributed by atoms with van der Waals surface area (Å²) >= 11 is 0. The zero-order valence-electron chi connectivity index (χ0n) is 25.8. The maximum Gasteiger partial charge on any atom is 0.434 e. The Morgan fingerprint density at radius 2 is 1.00 bits per heavy atom. The van der Waals surface area contributed by atoms with Crippen LogP contribution in [0.25, 0.3) is 39.0 Å². The van der Waals surface area contributed by atoms with E-state index >= 15 is 0 Å². The van der Waals surface area contributed by atoms with Crippen LogP contribution in [-0.4, -0.2) is 30.2 Å². The van der Waals surface area contributed by atoms with Crippen molar-refractivity contribution in [1.82, 2.24) is 19.1 Å². The van der Waals surface area contributed by atoms with E-state index in [-0.39, 0.29) is 17.2 Å². The summed E-state index contributed by atoms with van der Waals surface area (Å²) in [6.45, 7) is 10.7. The van der Waals surface area contributed by atoms with E-state index in [2.05, 4.69) is 14.8 Å². The van der Waals surface area contributed by atoms with E-state index in [0.29, 0.717) is 28.2 Å². The molecular formula is C36H25F6N5O2. The highest BCUT2D eigenvalue weighted by Gasteiger charge is 2.36. The molecule has 7 nitrogen and oxygen atoms in total. The van der Waals surface area contributed by atoms with E-state index in [1.54, 1.807) is 60.7 Å². The summed E-state index contributed by atoms with van der Waals surface area (Å²) in [5.41, 5.74) is 2.53. The van der Waals surface area contributed by atoms with E-state index < -0.39 is 29.7 Å². The Morgan fingerprint density at radius 1 is 0.633 bits per heavy atom. The van der Waals surface area contributed by atoms with Crippen LogP contribution < -0.4 is 0 Å². The Morgan fingerprint density at radius 3 is 1.33 bits per heavy atom. The number of imidazole rings is 2. The SMILES string of the molecule is Cc1ccc(-c2nc(C(F)(F)F)cn2-c2ccc(C(=O)O)cc2)cc1.[C-]#[N+]c1ccc(-n2cc(C(F)(F)F)nc2-c2ccc(C)cc2)cc1. The highest BCUT2D eigenvalue weighted by molar-refractivity contribution is 5.87. The van der Waals surface area contributed by atoms with Crippen molar-refractivity contribution in [3.8, 4) is 34.2 Å². The van der Waals surface area contributed by atoms with E-state index in [9.17, 15) is 31.1 Å². The molecule has 0 amide bonds. The van der Waals surface area contributed by atoms with Gasteiger partial charge in [-0.15, -0.1) is 0 Å². The second-order valence-electron chi connectivity index (χ2n) is 10.8. The zero-order chi connectivity index (χ0) is 35.5. The lowest BCUT2D eigenvalue weighted by molar-refractivity contribution is -0.141. The van der Waals surface area contributed by atoms with Gasteiger partial charge < -0.3 is 5.11 Å². The normalized spacial score (nSPS) is 11.4. The molecule has 0 aliphatic rings. The molecule has 0 aliphatic carbocycles. The van der Waals surface area contributed by atoms with Crippen molar-refractivity contribution in [3.05, 3.63) is 149 Å². The minimum Gasteiger partial charge on any atom is -0.478 e. The lowest BCUT2D eigenvalue weighted by Gasteiger charge is -2.08. The number of aromatic nitrogens is 4. The molecule has 0 spiro atoms. The minimum atomic E-state index is -4.58. The molecule has 0 bridgehead atoms. The van der Waals surface area contributed by atoms with Gasteiger partial charge in [-0.1, -0.05) is 71.8 Å². The number of benzene rings is 4. The molecule has 6 aromatic rings. The molecule has 6 rings (SSSR count). The highest BCUT2D eigenvalue weighted by atomic mass is 19.4. The van der Waals surface area contributed by atoms with E-state index in [1.165, 1.54) is 33.4 Å². The van der Waals surface area contributed by atoms with Crippen LogP contribution in [0.5, 0.6) is 0 Å². The molecule has 0 atom stereocenters. The number of aromatic carboxylic acids is 1. The predicted molar refractivity (Wildman–Crippen MR) is 171 cm³/mol. The number of rotatable bonds is 5. The van der Waals surface area contributed by atoms with Crippen molar-refractivity contribution < 1.29 is 36.2 Å². The minimum absolute atomic E-state index is 0.0526. The van der Waals surface area contributed by atoms with Crippen molar-refractivity contribution in [2.45, 2.75) is 26.2 Å². The number of carboxylic acids is 1. The molecule has 13 heteroatoms. The number of aryl methyl sites for hydroxylation is 2. The van der Waals surface area contributed by atoms with Crippen molar-refractivity contribution in [2.75, 3.05) is 0 Å². The molecule has 0 radical (unpaired) electrons. The Bertz CT molecular complexity index is 2120. The van der Waals surface area contributed by atoms with Gasteiger partial charge in [-0.05, 0) is 50.2 Å². The fourth-order valence-corrected chi connectivity index (χ4v) is 4.69. The van der Waals surface area contributed by atoms with Gasteiger partial charge in [0.1, 0.15) is 11.6 Å². The van der Waals surface area contributed by atoms with E-state index in [0.717, 1.165) is 23.5 Å². The number of carbonyl (C=O) groups is 1. The molecule has 0 saturated carbocycles. The van der Waals surface area contributed by atoms with Crippen LogP contribution in [0.4, 0.5) is 32.0 Å². The lowest BCUT2D eigenvalue weighted by atomic mass is 10.1. The van der Waals surface area contributed by atoms with Crippen LogP contribution in [0.3, 0.4) is 0 Å². The van der Waals surface area contributed by atoms with E-state index in [4.69, 9.17) is 11.7 Å². The molecule has 248 valence electrons. The first-order valence-corrected chi connectivity index (χ1v) is 14.4. The standard InChI is InChI=1S/C18H12F3N3.C18H13F3N2O2/c1-12-3-5-13(6-4-12)17-23-16(18(19,20)21)11-24(17)15-9-7-14(22-2)8-10-15;1-11-2-4-12(5-3-11)16-22-15(18(19,20)21)10-23(16)14-8-6-13(7-9-14)17(24)25/h3-11H,1H3;2-10H,1H3,(H,24,25). The zero-order valence-corrected chi connectivity index (χ0v) is 25.8. The van der Waals surface area contributed by atoms with Gasteiger partial charge in [-0.25, -0.2) is 19.6 Å². The maximum absolute atomic E-state index is 13.1. The Labute approximate surface area is 276 Å². The number of nitrogens with zero attached hydrogens (tertiary/aromatic N) is 5. The first-order valence-electron chi connectivity index (χ1n) is 14.4. The summed E-state index contributed by atoms with van der Waals surface area (Å²) in [7, 11) is 0. The summed E-state index contributed by atoms with van der Waals surface area (Å²) in [4.78, 5) is 21.7. The largest absolute Gasteiger partial charge is 0.478 e. The molecule has 2 heterocycles. The van der Waals surface area contributed by atoms with Crippen LogP contribution in [-0.2, 0) is 12.4 Å². The van der Waals surface area contributed by atoms with Crippen LogP contribution in [0.15, 0.2) is 109 Å². The monoisotopic (exact) mass is 673 g/mol. The van der Waals surface area contributed by atoms with Crippen molar-refractivity contribution in [3.63, 3.8) is 0 Å². The van der Waals surface area contributed by atoms with Gasteiger partial charge in [-0.3, -0.25) is 9.13 Å². The number of alkyl halides is 6. The summed E-state index contributed by atoms with van der Waals surface area (Å²) in [5.74, 6) is -0.764. The smallest absolute Gasteiger partial charge is 0.434 e. The summed E-state index contributed by atoms with van der Waals surface area (Å²) in [6, 6.07) is 26.0. The van der Waals surface area contributed by atoms with Gasteiger partial charge in [0.2, 0.25) is 0 Å². The summed E-state index contributed by atoms with van der Waals surface area (Å²) in [6.07, 6.45) is -7.22. The first-order chi connectivity index (χ1) is 23.1. The number of carboxylic acid groups (broad SMARTS) is 1. The van der Waals surface area contributed by atoms with Gasteiger partial charge in [0.05, 0.1) is 12.1 Å². The third-order valence-corrected chi connectivity index (χ3v) is 7.26. The molecule has 1 N–H and O–H groups in total. The third-order valence-electron chi connectivity index (χ3n) is 7.26. The average Bonchev–Trinajstić information content (AvgIpc) is 3.73. The van der Waals surface area contributed by atoms with Gasteiger partial charge >= 0.3 is 18.3 Å². The second kappa shape index (κ2) is 13.5. The highest BCUT2D eigenvalue weighted by Crippen LogP contribution is 2.34. The molecule has 49 heavy (non-hydrogen) atoms. The number of hydrogen-bond donors (Lipinski definition) is 1. The fraction of sp³-hybridized carbons (Fsp3) is 0.111. The van der Waals surface area contributed by atoms with E-state index in [1.807, 2.05) is 26.0 Å².